The van der Waals surface area contributed by atoms with Crippen LogP contribution in [0.15, 0.2) is 11.6 Å². The van der Waals surface area contributed by atoms with Crippen LogP contribution in [0.5, 0.6) is 0 Å². The van der Waals surface area contributed by atoms with E-state index in [1.807, 2.05) is 0 Å². The van der Waals surface area contributed by atoms with Crippen LogP contribution < -0.4 is 0 Å². The highest BCUT2D eigenvalue weighted by atomic mass is 16.4. The summed E-state index contributed by atoms with van der Waals surface area (Å²) in [5.41, 5.74) is 2.62. The topological polar surface area (TPSA) is 37.3 Å². The molecular weight excluding hydrogens is 392 g/mol. The molecule has 0 bridgehead atoms. The lowest BCUT2D eigenvalue weighted by Gasteiger charge is -2.70. The summed E-state index contributed by atoms with van der Waals surface area (Å²) in [4.78, 5) is 12.7. The quantitative estimate of drug-likeness (QED) is 0.417. The van der Waals surface area contributed by atoms with Gasteiger partial charge in [0.1, 0.15) is 0 Å². The Morgan fingerprint density at radius 2 is 1.56 bits per heavy atom. The Balaban J connectivity index is 1.60. The molecule has 0 heterocycles. The van der Waals surface area contributed by atoms with Gasteiger partial charge in [0, 0.05) is 0 Å². The number of carboxylic acid groups (broad SMARTS) is 1. The maximum Gasteiger partial charge on any atom is 0.310 e. The largest absolute Gasteiger partial charge is 0.481 e. The minimum atomic E-state index is -0.516. The Morgan fingerprint density at radius 1 is 0.875 bits per heavy atom. The number of aliphatic carboxylic acids is 1. The molecule has 0 amide bonds. The smallest absolute Gasteiger partial charge is 0.310 e. The van der Waals surface area contributed by atoms with Gasteiger partial charge in [-0.1, -0.05) is 66.5 Å². The van der Waals surface area contributed by atoms with Crippen molar-refractivity contribution >= 4 is 5.97 Å². The highest BCUT2D eigenvalue weighted by molar-refractivity contribution is 5.76. The summed E-state index contributed by atoms with van der Waals surface area (Å²) in [6, 6.07) is 0. The molecule has 32 heavy (non-hydrogen) atoms. The Kier molecular flexibility index (Phi) is 4.78. The zero-order valence-electron chi connectivity index (χ0n) is 21.9. The molecule has 0 aromatic rings. The molecule has 180 valence electrons. The molecule has 1 N–H and O–H groups in total. The molecule has 5 aliphatic rings. The molecule has 2 nitrogen and oxygen atoms in total. The molecule has 0 aliphatic heterocycles. The van der Waals surface area contributed by atoms with Crippen LogP contribution in [0.4, 0.5) is 0 Å². The Labute approximate surface area is 197 Å². The SMILES string of the molecule is CC1(C)CC[C@]2(C(=O)O)CC[C@]3(C)C(=CC[C@@H]4[C@@]5(C)CCCC(C)(C)[C@@H]5CC[C@]43C)[C@@H]2C1. The van der Waals surface area contributed by atoms with Gasteiger partial charge < -0.3 is 5.11 Å². The number of carboxylic acids is 1. The Morgan fingerprint density at radius 3 is 2.25 bits per heavy atom. The standard InChI is InChI=1S/C30H48O2/c1-25(2)15-17-30(24(31)32)18-16-28(6)20(21(30)19-25)9-10-23-27(5)13-8-12-26(3,4)22(27)11-14-29(23,28)7/h9,21-23H,8,10-19H2,1-7H3,(H,31,32)/t21-,22-,23+,27-,28+,29+,30-/m0/s1. The van der Waals surface area contributed by atoms with Crippen molar-refractivity contribution in [3.05, 3.63) is 11.6 Å². The van der Waals surface area contributed by atoms with Crippen molar-refractivity contribution in [1.82, 2.24) is 0 Å². The number of allylic oxidation sites excluding steroid dienone is 2. The molecule has 2 heteroatoms. The molecule has 0 aromatic carbocycles. The third-order valence-electron chi connectivity index (χ3n) is 12.8. The second-order valence-corrected chi connectivity index (χ2v) is 15.0. The van der Waals surface area contributed by atoms with Gasteiger partial charge in [0.15, 0.2) is 0 Å². The van der Waals surface area contributed by atoms with E-state index in [0.717, 1.165) is 43.9 Å². The Bertz CT molecular complexity index is 851. The first-order valence-corrected chi connectivity index (χ1v) is 13.7. The number of hydrogen-bond donors (Lipinski definition) is 1. The second kappa shape index (κ2) is 6.66. The van der Waals surface area contributed by atoms with Crippen LogP contribution >= 0.6 is 0 Å². The first-order valence-electron chi connectivity index (χ1n) is 13.7. The van der Waals surface area contributed by atoms with Crippen molar-refractivity contribution in [3.63, 3.8) is 0 Å². The fraction of sp³-hybridized carbons (Fsp3) is 0.900. The average molecular weight is 441 g/mol. The van der Waals surface area contributed by atoms with Gasteiger partial charge in [-0.25, -0.2) is 0 Å². The lowest BCUT2D eigenvalue weighted by atomic mass is 9.33. The number of rotatable bonds is 1. The fourth-order valence-corrected chi connectivity index (χ4v) is 10.7. The lowest BCUT2D eigenvalue weighted by molar-refractivity contribution is -0.187. The van der Waals surface area contributed by atoms with Crippen LogP contribution in [0.2, 0.25) is 0 Å². The third-order valence-corrected chi connectivity index (χ3v) is 12.8. The zero-order valence-corrected chi connectivity index (χ0v) is 21.9. The predicted molar refractivity (Wildman–Crippen MR) is 131 cm³/mol. The fourth-order valence-electron chi connectivity index (χ4n) is 10.7. The first-order chi connectivity index (χ1) is 14.7. The zero-order chi connectivity index (χ0) is 23.4. The number of hydrogen-bond acceptors (Lipinski definition) is 1. The van der Waals surface area contributed by atoms with Gasteiger partial charge in [0.2, 0.25) is 0 Å². The molecule has 0 spiro atoms. The first kappa shape index (κ1) is 23.0. The van der Waals surface area contributed by atoms with E-state index in [0.29, 0.717) is 16.2 Å². The van der Waals surface area contributed by atoms with E-state index in [4.69, 9.17) is 0 Å². The Hall–Kier alpha value is -0.790. The van der Waals surface area contributed by atoms with E-state index in [2.05, 4.69) is 54.5 Å². The van der Waals surface area contributed by atoms with E-state index in [9.17, 15) is 9.90 Å². The minimum absolute atomic E-state index is 0.155. The lowest BCUT2D eigenvalue weighted by Crippen LogP contribution is -2.63. The van der Waals surface area contributed by atoms with E-state index in [1.54, 1.807) is 5.57 Å². The monoisotopic (exact) mass is 440 g/mol. The molecule has 0 aromatic heterocycles. The molecule has 0 saturated heterocycles. The van der Waals surface area contributed by atoms with Crippen molar-refractivity contribution in [2.24, 2.45) is 50.2 Å². The summed E-state index contributed by atoms with van der Waals surface area (Å²) in [7, 11) is 0. The molecule has 0 radical (unpaired) electrons. The van der Waals surface area contributed by atoms with Crippen LogP contribution in [0.25, 0.3) is 0 Å². The predicted octanol–water partition coefficient (Wildman–Crippen LogP) is 8.26. The maximum atomic E-state index is 12.7. The molecule has 7 atom stereocenters. The molecule has 0 unspecified atom stereocenters. The highest BCUT2D eigenvalue weighted by Crippen LogP contribution is 2.75. The number of carbonyl (C=O) groups is 1. The van der Waals surface area contributed by atoms with Crippen molar-refractivity contribution in [3.8, 4) is 0 Å². The average Bonchev–Trinajstić information content (AvgIpc) is 2.67. The van der Waals surface area contributed by atoms with Gasteiger partial charge in [0.05, 0.1) is 5.41 Å². The molecular formula is C30H48O2. The molecule has 5 aliphatic carbocycles. The summed E-state index contributed by atoms with van der Waals surface area (Å²) >= 11 is 0. The normalized spacial score (nSPS) is 51.3. The summed E-state index contributed by atoms with van der Waals surface area (Å²) in [5, 5.41) is 10.5. The minimum Gasteiger partial charge on any atom is -0.481 e. The summed E-state index contributed by atoms with van der Waals surface area (Å²) in [6.07, 6.45) is 15.5. The van der Waals surface area contributed by atoms with Crippen molar-refractivity contribution in [1.29, 1.82) is 0 Å². The van der Waals surface area contributed by atoms with Gasteiger partial charge >= 0.3 is 5.97 Å². The molecule has 5 rings (SSSR count). The van der Waals surface area contributed by atoms with Crippen molar-refractivity contribution in [2.45, 2.75) is 119 Å². The maximum absolute atomic E-state index is 12.7. The number of fused-ring (bicyclic) bond motifs is 7. The highest BCUT2D eigenvalue weighted by Gasteiger charge is 2.68. The van der Waals surface area contributed by atoms with Gasteiger partial charge in [-0.05, 0) is 109 Å². The van der Waals surface area contributed by atoms with E-state index in [1.165, 1.54) is 38.5 Å². The summed E-state index contributed by atoms with van der Waals surface area (Å²) < 4.78 is 0. The van der Waals surface area contributed by atoms with Gasteiger partial charge in [-0.15, -0.1) is 0 Å². The van der Waals surface area contributed by atoms with Crippen LogP contribution in [0.3, 0.4) is 0 Å². The van der Waals surface area contributed by atoms with Crippen LogP contribution in [-0.2, 0) is 4.79 Å². The second-order valence-electron chi connectivity index (χ2n) is 15.0. The van der Waals surface area contributed by atoms with E-state index >= 15 is 0 Å². The van der Waals surface area contributed by atoms with Gasteiger partial charge in [-0.2, -0.15) is 0 Å². The van der Waals surface area contributed by atoms with Crippen LogP contribution in [0, 0.1) is 50.2 Å². The third kappa shape index (κ3) is 2.73. The van der Waals surface area contributed by atoms with E-state index in [-0.39, 0.29) is 16.7 Å². The molecule has 4 fully saturated rings. The van der Waals surface area contributed by atoms with Crippen LogP contribution in [-0.4, -0.2) is 11.1 Å². The van der Waals surface area contributed by atoms with Gasteiger partial charge in [-0.3, -0.25) is 4.79 Å². The summed E-state index contributed by atoms with van der Waals surface area (Å²) in [6.45, 7) is 17.7. The van der Waals surface area contributed by atoms with E-state index < -0.39 is 11.4 Å². The molecule has 4 saturated carbocycles. The summed E-state index contributed by atoms with van der Waals surface area (Å²) in [5.74, 6) is 1.28. The van der Waals surface area contributed by atoms with Crippen molar-refractivity contribution in [2.75, 3.05) is 0 Å². The van der Waals surface area contributed by atoms with Crippen LogP contribution in [0.1, 0.15) is 119 Å². The van der Waals surface area contributed by atoms with Gasteiger partial charge in [0.25, 0.3) is 0 Å². The van der Waals surface area contributed by atoms with Crippen molar-refractivity contribution < 1.29 is 9.90 Å².